The van der Waals surface area contributed by atoms with Gasteiger partial charge in [-0.2, -0.15) is 0 Å². The standard InChI is InChI=1S/C23H25NO5/c1-2-3-9-16-13-21(26)29-22-17(16)10-11-20(25)18(22)14-24-19(23(27)28)12-15-7-5-4-6-8-15/h4-8,10-11,13,19,24-25H,2-3,9,12,14H2,1H3,(H,27,28)/t19-/m0/s1. The molecule has 3 N–H and O–H groups in total. The Morgan fingerprint density at radius 2 is 1.93 bits per heavy atom. The molecule has 0 amide bonds. The van der Waals surface area contributed by atoms with Crippen LogP contribution in [0.15, 0.2) is 57.7 Å². The molecule has 6 heteroatoms. The Labute approximate surface area is 168 Å². The molecule has 0 aliphatic rings. The lowest BCUT2D eigenvalue weighted by Gasteiger charge is -2.16. The normalized spacial score (nSPS) is 12.2. The highest BCUT2D eigenvalue weighted by Gasteiger charge is 2.20. The number of phenolic OH excluding ortho intramolecular Hbond substituents is 1. The summed E-state index contributed by atoms with van der Waals surface area (Å²) in [5.41, 5.74) is 1.98. The Morgan fingerprint density at radius 3 is 2.62 bits per heavy atom. The van der Waals surface area contributed by atoms with E-state index in [1.54, 1.807) is 12.1 Å². The zero-order valence-corrected chi connectivity index (χ0v) is 16.4. The number of carbonyl (C=O) groups is 1. The Bertz CT molecular complexity index is 1040. The Hall–Kier alpha value is -3.12. The second kappa shape index (κ2) is 9.39. The van der Waals surface area contributed by atoms with Crippen molar-refractivity contribution in [3.63, 3.8) is 0 Å². The van der Waals surface area contributed by atoms with Crippen molar-refractivity contribution < 1.29 is 19.4 Å². The van der Waals surface area contributed by atoms with E-state index in [-0.39, 0.29) is 12.3 Å². The van der Waals surface area contributed by atoms with E-state index < -0.39 is 17.6 Å². The van der Waals surface area contributed by atoms with Gasteiger partial charge in [-0.15, -0.1) is 0 Å². The second-order valence-electron chi connectivity index (χ2n) is 7.10. The highest BCUT2D eigenvalue weighted by atomic mass is 16.4. The monoisotopic (exact) mass is 395 g/mol. The van der Waals surface area contributed by atoms with Crippen LogP contribution in [-0.2, 0) is 24.2 Å². The lowest BCUT2D eigenvalue weighted by atomic mass is 10.0. The van der Waals surface area contributed by atoms with Gasteiger partial charge < -0.3 is 14.6 Å². The molecule has 3 aromatic rings. The summed E-state index contributed by atoms with van der Waals surface area (Å²) in [5, 5.41) is 23.7. The van der Waals surface area contributed by atoms with Crippen molar-refractivity contribution in [1.29, 1.82) is 0 Å². The van der Waals surface area contributed by atoms with E-state index in [0.29, 0.717) is 17.6 Å². The van der Waals surface area contributed by atoms with Crippen LogP contribution in [0.2, 0.25) is 0 Å². The molecule has 0 aliphatic carbocycles. The van der Waals surface area contributed by atoms with Crippen LogP contribution in [0.5, 0.6) is 5.75 Å². The molecule has 3 rings (SSSR count). The summed E-state index contributed by atoms with van der Waals surface area (Å²) in [4.78, 5) is 23.8. The maximum absolute atomic E-state index is 12.1. The van der Waals surface area contributed by atoms with Crippen molar-refractivity contribution >= 4 is 16.9 Å². The van der Waals surface area contributed by atoms with E-state index in [0.717, 1.165) is 35.8 Å². The smallest absolute Gasteiger partial charge is 0.336 e. The Kier molecular flexibility index (Phi) is 6.67. The fourth-order valence-electron chi connectivity index (χ4n) is 3.40. The zero-order valence-electron chi connectivity index (χ0n) is 16.4. The van der Waals surface area contributed by atoms with E-state index in [4.69, 9.17) is 4.42 Å². The largest absolute Gasteiger partial charge is 0.507 e. The minimum Gasteiger partial charge on any atom is -0.507 e. The molecule has 0 unspecified atom stereocenters. The lowest BCUT2D eigenvalue weighted by molar-refractivity contribution is -0.139. The van der Waals surface area contributed by atoms with Crippen LogP contribution >= 0.6 is 0 Å². The van der Waals surface area contributed by atoms with Gasteiger partial charge in [-0.05, 0) is 42.5 Å². The summed E-state index contributed by atoms with van der Waals surface area (Å²) in [5.74, 6) is -1.02. The molecule has 0 radical (unpaired) electrons. The number of carboxylic acids is 1. The number of benzene rings is 2. The van der Waals surface area contributed by atoms with Crippen molar-refractivity contribution in [2.75, 3.05) is 0 Å². The molecule has 29 heavy (non-hydrogen) atoms. The van der Waals surface area contributed by atoms with Gasteiger partial charge in [0.2, 0.25) is 0 Å². The number of aryl methyl sites for hydroxylation is 1. The number of phenols is 1. The summed E-state index contributed by atoms with van der Waals surface area (Å²) < 4.78 is 5.40. The molecule has 0 spiro atoms. The Balaban J connectivity index is 1.90. The molecule has 0 saturated carbocycles. The maximum Gasteiger partial charge on any atom is 0.336 e. The third kappa shape index (κ3) is 5.03. The molecule has 2 aromatic carbocycles. The maximum atomic E-state index is 12.1. The third-order valence-corrected chi connectivity index (χ3v) is 4.98. The number of hydrogen-bond donors (Lipinski definition) is 3. The van der Waals surface area contributed by atoms with Gasteiger partial charge in [0.25, 0.3) is 0 Å². The number of hydrogen-bond acceptors (Lipinski definition) is 5. The summed E-state index contributed by atoms with van der Waals surface area (Å²) >= 11 is 0. The number of aromatic hydroxyl groups is 1. The first-order valence-corrected chi connectivity index (χ1v) is 9.77. The summed E-state index contributed by atoms with van der Waals surface area (Å²) in [6.45, 7) is 2.14. The summed E-state index contributed by atoms with van der Waals surface area (Å²) in [6, 6.07) is 13.3. The van der Waals surface area contributed by atoms with E-state index >= 15 is 0 Å². The predicted molar refractivity (Wildman–Crippen MR) is 111 cm³/mol. The van der Waals surface area contributed by atoms with E-state index in [1.807, 2.05) is 30.3 Å². The molecule has 0 saturated heterocycles. The average Bonchev–Trinajstić information content (AvgIpc) is 2.70. The first-order chi connectivity index (χ1) is 14.0. The van der Waals surface area contributed by atoms with Gasteiger partial charge in [0.05, 0.1) is 5.56 Å². The second-order valence-corrected chi connectivity index (χ2v) is 7.10. The molecule has 0 bridgehead atoms. The van der Waals surface area contributed by atoms with E-state index in [2.05, 4.69) is 12.2 Å². The average molecular weight is 395 g/mol. The van der Waals surface area contributed by atoms with Crippen LogP contribution in [0, 0.1) is 0 Å². The molecule has 152 valence electrons. The van der Waals surface area contributed by atoms with Crippen LogP contribution in [-0.4, -0.2) is 22.2 Å². The minimum atomic E-state index is -0.987. The fraction of sp³-hybridized carbons (Fsp3) is 0.304. The number of aliphatic carboxylic acids is 1. The van der Waals surface area contributed by atoms with Crippen LogP contribution in [0.1, 0.15) is 36.5 Å². The van der Waals surface area contributed by atoms with Gasteiger partial charge in [0.15, 0.2) is 0 Å². The summed E-state index contributed by atoms with van der Waals surface area (Å²) in [7, 11) is 0. The van der Waals surface area contributed by atoms with Gasteiger partial charge in [0.1, 0.15) is 17.4 Å². The molecule has 1 heterocycles. The van der Waals surface area contributed by atoms with Crippen molar-refractivity contribution in [3.05, 3.63) is 75.6 Å². The highest BCUT2D eigenvalue weighted by Crippen LogP contribution is 2.29. The number of rotatable bonds is 9. The topological polar surface area (TPSA) is 99.8 Å². The molecular formula is C23H25NO5. The van der Waals surface area contributed by atoms with Crippen molar-refractivity contribution in [3.8, 4) is 5.75 Å². The molecule has 6 nitrogen and oxygen atoms in total. The van der Waals surface area contributed by atoms with Crippen LogP contribution < -0.4 is 10.9 Å². The van der Waals surface area contributed by atoms with Crippen molar-refractivity contribution in [2.45, 2.75) is 45.2 Å². The molecule has 0 aliphatic heterocycles. The van der Waals surface area contributed by atoms with Gasteiger partial charge >= 0.3 is 11.6 Å². The van der Waals surface area contributed by atoms with Crippen LogP contribution in [0.3, 0.4) is 0 Å². The number of fused-ring (bicyclic) bond motifs is 1. The highest BCUT2D eigenvalue weighted by molar-refractivity contribution is 5.85. The third-order valence-electron chi connectivity index (χ3n) is 4.98. The predicted octanol–water partition coefficient (Wildman–Crippen LogP) is 3.63. The van der Waals surface area contributed by atoms with Crippen molar-refractivity contribution in [2.24, 2.45) is 0 Å². The first-order valence-electron chi connectivity index (χ1n) is 9.77. The first kappa shape index (κ1) is 20.6. The molecular weight excluding hydrogens is 370 g/mol. The molecule has 1 atom stereocenters. The van der Waals surface area contributed by atoms with E-state index in [9.17, 15) is 19.8 Å². The SMILES string of the molecule is CCCCc1cc(=O)oc2c(CN[C@@H](Cc3ccccc3)C(=O)O)c(O)ccc12. The fourth-order valence-corrected chi connectivity index (χ4v) is 3.40. The van der Waals surface area contributed by atoms with Crippen molar-refractivity contribution in [1.82, 2.24) is 5.32 Å². The summed E-state index contributed by atoms with van der Waals surface area (Å²) in [6.07, 6.45) is 2.97. The Morgan fingerprint density at radius 1 is 1.17 bits per heavy atom. The van der Waals surface area contributed by atoms with E-state index in [1.165, 1.54) is 6.07 Å². The lowest BCUT2D eigenvalue weighted by Crippen LogP contribution is -2.38. The van der Waals surface area contributed by atoms with Gasteiger partial charge in [-0.1, -0.05) is 43.7 Å². The van der Waals surface area contributed by atoms with Gasteiger partial charge in [0, 0.05) is 18.0 Å². The number of unbranched alkanes of at least 4 members (excludes halogenated alkanes) is 1. The van der Waals surface area contributed by atoms with Crippen LogP contribution in [0.25, 0.3) is 11.0 Å². The quantitative estimate of drug-likeness (QED) is 0.479. The van der Waals surface area contributed by atoms with Gasteiger partial charge in [-0.25, -0.2) is 4.79 Å². The number of carboxylic acid groups (broad SMARTS) is 1. The minimum absolute atomic E-state index is 0.0374. The zero-order chi connectivity index (χ0) is 20.8. The number of nitrogens with one attached hydrogen (secondary N) is 1. The van der Waals surface area contributed by atoms with Gasteiger partial charge in [-0.3, -0.25) is 10.1 Å². The van der Waals surface area contributed by atoms with Crippen LogP contribution in [0.4, 0.5) is 0 Å². The molecule has 0 fully saturated rings. The molecule has 1 aromatic heterocycles.